The van der Waals surface area contributed by atoms with Gasteiger partial charge in [-0.25, -0.2) is 0 Å². The molecule has 1 fully saturated rings. The van der Waals surface area contributed by atoms with Gasteiger partial charge in [0.05, 0.1) is 18.8 Å². The summed E-state index contributed by atoms with van der Waals surface area (Å²) in [5, 5.41) is 2.06. The zero-order valence-electron chi connectivity index (χ0n) is 12.8. The largest absolute Gasteiger partial charge is 0.372 e. The van der Waals surface area contributed by atoms with Crippen LogP contribution in [-0.4, -0.2) is 54.1 Å². The Morgan fingerprint density at radius 2 is 2.24 bits per heavy atom. The van der Waals surface area contributed by atoms with Crippen molar-refractivity contribution in [1.82, 2.24) is 9.80 Å². The van der Waals surface area contributed by atoms with E-state index >= 15 is 0 Å². The molecule has 0 aliphatic carbocycles. The predicted molar refractivity (Wildman–Crippen MR) is 86.4 cm³/mol. The summed E-state index contributed by atoms with van der Waals surface area (Å²) in [6.45, 7) is 11.1. The maximum Gasteiger partial charge on any atom is 0.236 e. The summed E-state index contributed by atoms with van der Waals surface area (Å²) in [6.07, 6.45) is 2.08. The molecule has 2 rings (SSSR count). The van der Waals surface area contributed by atoms with Gasteiger partial charge in [0.2, 0.25) is 5.91 Å². The van der Waals surface area contributed by atoms with Gasteiger partial charge in [0.25, 0.3) is 0 Å². The predicted octanol–water partition coefficient (Wildman–Crippen LogP) is 2.37. The maximum atomic E-state index is 12.5. The van der Waals surface area contributed by atoms with E-state index < -0.39 is 0 Å². The second kappa shape index (κ2) is 7.73. The molecular formula is C16H24N2O2S. The Labute approximate surface area is 131 Å². The summed E-state index contributed by atoms with van der Waals surface area (Å²) in [5.74, 6) is 0.176. The van der Waals surface area contributed by atoms with Crippen LogP contribution in [0.3, 0.4) is 0 Å². The zero-order chi connectivity index (χ0) is 15.2. The molecule has 0 spiro atoms. The van der Waals surface area contributed by atoms with E-state index in [1.54, 1.807) is 11.3 Å². The van der Waals surface area contributed by atoms with E-state index in [2.05, 4.69) is 22.9 Å². The number of rotatable bonds is 6. The van der Waals surface area contributed by atoms with E-state index in [9.17, 15) is 4.79 Å². The molecule has 5 heteroatoms. The van der Waals surface area contributed by atoms with Gasteiger partial charge < -0.3 is 9.64 Å². The van der Waals surface area contributed by atoms with E-state index in [0.717, 1.165) is 13.1 Å². The molecule has 116 valence electrons. The summed E-state index contributed by atoms with van der Waals surface area (Å²) in [6, 6.07) is 4.14. The first-order chi connectivity index (χ1) is 10.1. The van der Waals surface area contributed by atoms with Gasteiger partial charge in [0, 0.05) is 31.1 Å². The highest BCUT2D eigenvalue weighted by molar-refractivity contribution is 7.09. The van der Waals surface area contributed by atoms with Crippen LogP contribution in [0.25, 0.3) is 0 Å². The van der Waals surface area contributed by atoms with Gasteiger partial charge in [-0.05, 0) is 25.3 Å². The lowest BCUT2D eigenvalue weighted by molar-refractivity contribution is -0.144. The van der Waals surface area contributed by atoms with Crippen molar-refractivity contribution in [2.45, 2.75) is 32.6 Å². The van der Waals surface area contributed by atoms with E-state index in [0.29, 0.717) is 19.6 Å². The van der Waals surface area contributed by atoms with Gasteiger partial charge >= 0.3 is 0 Å². The third-order valence-electron chi connectivity index (χ3n) is 3.48. The summed E-state index contributed by atoms with van der Waals surface area (Å²) in [7, 11) is 0. The molecule has 0 radical (unpaired) electrons. The molecular weight excluding hydrogens is 284 g/mol. The lowest BCUT2D eigenvalue weighted by atomic mass is 10.2. The topological polar surface area (TPSA) is 32.8 Å². The average molecular weight is 308 g/mol. The Hall–Kier alpha value is -1.17. The van der Waals surface area contributed by atoms with Crippen LogP contribution in [0.5, 0.6) is 0 Å². The third-order valence-corrected chi connectivity index (χ3v) is 4.34. The van der Waals surface area contributed by atoms with Gasteiger partial charge in [0.1, 0.15) is 0 Å². The van der Waals surface area contributed by atoms with Crippen LogP contribution < -0.4 is 0 Å². The smallest absolute Gasteiger partial charge is 0.236 e. The molecule has 0 saturated carbocycles. The molecule has 1 aromatic rings. The number of morpholine rings is 1. The molecule has 1 aliphatic rings. The minimum Gasteiger partial charge on any atom is -0.372 e. The molecule has 1 aromatic heterocycles. The van der Waals surface area contributed by atoms with Gasteiger partial charge in [-0.15, -0.1) is 17.9 Å². The van der Waals surface area contributed by atoms with Crippen molar-refractivity contribution >= 4 is 17.2 Å². The fourth-order valence-electron chi connectivity index (χ4n) is 2.66. The number of carbonyl (C=O) groups excluding carboxylic acids is 1. The Bertz CT molecular complexity index is 451. The van der Waals surface area contributed by atoms with Gasteiger partial charge in [-0.1, -0.05) is 12.1 Å². The minimum absolute atomic E-state index is 0.114. The number of ether oxygens (including phenoxy) is 1. The van der Waals surface area contributed by atoms with Gasteiger partial charge in [0.15, 0.2) is 0 Å². The fourth-order valence-corrected chi connectivity index (χ4v) is 3.41. The van der Waals surface area contributed by atoms with Crippen molar-refractivity contribution in [2.24, 2.45) is 0 Å². The zero-order valence-corrected chi connectivity index (χ0v) is 13.6. The monoisotopic (exact) mass is 308 g/mol. The second-order valence-corrected chi connectivity index (χ2v) is 6.63. The first-order valence-corrected chi connectivity index (χ1v) is 8.25. The van der Waals surface area contributed by atoms with Crippen LogP contribution in [0.2, 0.25) is 0 Å². The van der Waals surface area contributed by atoms with Gasteiger partial charge in [-0.2, -0.15) is 0 Å². The van der Waals surface area contributed by atoms with Crippen molar-refractivity contribution in [2.75, 3.05) is 26.2 Å². The van der Waals surface area contributed by atoms with Crippen molar-refractivity contribution in [3.05, 3.63) is 35.0 Å². The van der Waals surface area contributed by atoms with Crippen molar-refractivity contribution in [1.29, 1.82) is 0 Å². The van der Waals surface area contributed by atoms with Crippen molar-refractivity contribution in [3.8, 4) is 0 Å². The Morgan fingerprint density at radius 3 is 2.81 bits per heavy atom. The number of amides is 1. The van der Waals surface area contributed by atoms with E-state index in [1.807, 2.05) is 30.9 Å². The van der Waals surface area contributed by atoms with Crippen LogP contribution in [0.15, 0.2) is 30.2 Å². The summed E-state index contributed by atoms with van der Waals surface area (Å²) < 4.78 is 5.68. The third kappa shape index (κ3) is 4.95. The summed E-state index contributed by atoms with van der Waals surface area (Å²) in [5.41, 5.74) is 0. The van der Waals surface area contributed by atoms with Crippen molar-refractivity contribution in [3.63, 3.8) is 0 Å². The van der Waals surface area contributed by atoms with E-state index in [-0.39, 0.29) is 18.1 Å². The highest BCUT2D eigenvalue weighted by Gasteiger charge is 2.26. The van der Waals surface area contributed by atoms with Crippen molar-refractivity contribution < 1.29 is 9.53 Å². The van der Waals surface area contributed by atoms with Crippen LogP contribution in [0.1, 0.15) is 18.7 Å². The lowest BCUT2D eigenvalue weighted by Crippen LogP contribution is -2.51. The molecule has 4 nitrogen and oxygen atoms in total. The number of hydrogen-bond donors (Lipinski definition) is 0. The van der Waals surface area contributed by atoms with Crippen LogP contribution in [0.4, 0.5) is 0 Å². The number of thiophene rings is 1. The quantitative estimate of drug-likeness (QED) is 0.756. The highest BCUT2D eigenvalue weighted by atomic mass is 32.1. The molecule has 0 bridgehead atoms. The first kappa shape index (κ1) is 16.2. The van der Waals surface area contributed by atoms with E-state index in [1.165, 1.54) is 4.88 Å². The molecule has 2 heterocycles. The van der Waals surface area contributed by atoms with Crippen LogP contribution in [0, 0.1) is 0 Å². The number of nitrogens with zero attached hydrogens (tertiary/aromatic N) is 2. The molecule has 21 heavy (non-hydrogen) atoms. The lowest BCUT2D eigenvalue weighted by Gasteiger charge is -2.36. The maximum absolute atomic E-state index is 12.5. The summed E-state index contributed by atoms with van der Waals surface area (Å²) >= 11 is 1.72. The molecule has 0 N–H and O–H groups in total. The van der Waals surface area contributed by atoms with Crippen LogP contribution in [-0.2, 0) is 16.1 Å². The Balaban J connectivity index is 1.92. The van der Waals surface area contributed by atoms with E-state index in [4.69, 9.17) is 4.74 Å². The highest BCUT2D eigenvalue weighted by Crippen LogP contribution is 2.14. The minimum atomic E-state index is 0.114. The number of hydrogen-bond acceptors (Lipinski definition) is 4. The standard InChI is InChI=1S/C16H24N2O2S/c1-4-7-17(11-15-6-5-8-21-15)12-16(19)18-9-13(2)20-14(3)10-18/h4-6,8,13-14H,1,7,9-12H2,2-3H3. The van der Waals surface area contributed by atoms with Crippen LogP contribution >= 0.6 is 11.3 Å². The Morgan fingerprint density at radius 1 is 1.52 bits per heavy atom. The second-order valence-electron chi connectivity index (χ2n) is 5.59. The fraction of sp³-hybridized carbons (Fsp3) is 0.562. The van der Waals surface area contributed by atoms with Gasteiger partial charge in [-0.3, -0.25) is 9.69 Å². The molecule has 0 aromatic carbocycles. The molecule has 2 atom stereocenters. The molecule has 1 amide bonds. The molecule has 1 aliphatic heterocycles. The Kier molecular flexibility index (Phi) is 5.96. The normalized spacial score (nSPS) is 22.5. The molecule has 1 saturated heterocycles. The molecule has 2 unspecified atom stereocenters. The SMILES string of the molecule is C=CCN(CC(=O)N1CC(C)OC(C)C1)Cc1cccs1. The summed E-state index contributed by atoms with van der Waals surface area (Å²) in [4.78, 5) is 17.8. The average Bonchev–Trinajstić information content (AvgIpc) is 2.90. The first-order valence-electron chi connectivity index (χ1n) is 7.37. The number of carbonyl (C=O) groups is 1.